The van der Waals surface area contributed by atoms with E-state index in [0.29, 0.717) is 0 Å². The molecule has 3 rings (SSSR count). The number of carbonyl (C=O) groups excluding carboxylic acids is 4. The van der Waals surface area contributed by atoms with Crippen molar-refractivity contribution in [2.75, 3.05) is 32.9 Å². The van der Waals surface area contributed by atoms with E-state index >= 15 is 0 Å². The molecule has 4 N–H and O–H groups in total. The topological polar surface area (TPSA) is 157 Å². The third-order valence-corrected chi connectivity index (χ3v) is 11.9. The van der Waals surface area contributed by atoms with Gasteiger partial charge >= 0.3 is 6.03 Å². The highest BCUT2D eigenvalue weighted by Gasteiger charge is 2.70. The van der Waals surface area contributed by atoms with Gasteiger partial charge < -0.3 is 26.2 Å². The Morgan fingerprint density at radius 3 is 2.17 bits per heavy atom. The quantitative estimate of drug-likeness (QED) is 0.225. The normalized spacial score (nSPS) is 21.6. The second-order valence-electron chi connectivity index (χ2n) is 16.7. The van der Waals surface area contributed by atoms with Crippen LogP contribution < -0.4 is 21.3 Å². The molecule has 2 aliphatic rings. The van der Waals surface area contributed by atoms with Crippen LogP contribution >= 0.6 is 11.6 Å². The van der Waals surface area contributed by atoms with Gasteiger partial charge in [-0.3, -0.25) is 14.4 Å². The van der Waals surface area contributed by atoms with Crippen LogP contribution in [0.3, 0.4) is 0 Å². The summed E-state index contributed by atoms with van der Waals surface area (Å²) < 4.78 is 66.9. The van der Waals surface area contributed by atoms with Crippen molar-refractivity contribution in [2.24, 2.45) is 28.1 Å². The predicted molar refractivity (Wildman–Crippen MR) is 193 cm³/mol. The monoisotopic (exact) mass is 778 g/mol. The summed E-state index contributed by atoms with van der Waals surface area (Å²) in [6, 6.07) is -1.16. The van der Waals surface area contributed by atoms with Crippen LogP contribution in [0, 0.1) is 33.9 Å². The van der Waals surface area contributed by atoms with Crippen molar-refractivity contribution in [1.29, 1.82) is 0 Å². The van der Waals surface area contributed by atoms with Gasteiger partial charge in [-0.15, -0.1) is 0 Å². The lowest BCUT2D eigenvalue weighted by molar-refractivity contribution is -0.144. The highest BCUT2D eigenvalue weighted by atomic mass is 35.5. The van der Waals surface area contributed by atoms with Gasteiger partial charge in [0.15, 0.2) is 0 Å². The van der Waals surface area contributed by atoms with Gasteiger partial charge in [0.05, 0.1) is 6.26 Å². The number of sulfonamides is 1. The lowest BCUT2D eigenvalue weighted by Gasteiger charge is -2.39. The van der Waals surface area contributed by atoms with E-state index in [9.17, 15) is 40.8 Å². The molecule has 1 aliphatic carbocycles. The zero-order chi connectivity index (χ0) is 39.7. The van der Waals surface area contributed by atoms with Gasteiger partial charge in [-0.2, -0.15) is 0 Å². The van der Waals surface area contributed by atoms with Gasteiger partial charge in [-0.25, -0.2) is 30.7 Å². The number of nitrogens with one attached hydrogen (secondary N) is 4. The Morgan fingerprint density at radius 1 is 1.04 bits per heavy atom. The number of hydrogen-bond donors (Lipinski definition) is 4. The fraction of sp³-hybridized carbons (Fsp3) is 0.714. The largest absolute Gasteiger partial charge is 0.354 e. The third-order valence-electron chi connectivity index (χ3n) is 10.3. The predicted octanol–water partition coefficient (Wildman–Crippen LogP) is 3.78. The van der Waals surface area contributed by atoms with Gasteiger partial charge in [0.2, 0.25) is 34.2 Å². The maximum absolute atomic E-state index is 14.3. The fourth-order valence-corrected chi connectivity index (χ4v) is 7.44. The van der Waals surface area contributed by atoms with E-state index in [2.05, 4.69) is 21.3 Å². The Balaban J connectivity index is 1.81. The summed E-state index contributed by atoms with van der Waals surface area (Å²) in [4.78, 5) is 56.2. The summed E-state index contributed by atoms with van der Waals surface area (Å²) >= 11 is 6.06. The lowest BCUT2D eigenvalue weighted by Crippen LogP contribution is -2.62. The number of hydrogen-bond acceptors (Lipinski definition) is 6. The van der Waals surface area contributed by atoms with Gasteiger partial charge in [0.25, 0.3) is 0 Å². The van der Waals surface area contributed by atoms with Crippen LogP contribution in [-0.2, 0) is 30.8 Å². The number of carbonyl (C=O) groups is 4. The molecule has 1 aromatic carbocycles. The molecule has 5 amide bonds. The van der Waals surface area contributed by atoms with Crippen LogP contribution in [0.4, 0.5) is 18.0 Å². The number of piperidine rings is 1. The molecule has 1 saturated carbocycles. The van der Waals surface area contributed by atoms with Crippen molar-refractivity contribution < 1.29 is 40.8 Å². The molecule has 12 nitrogen and oxygen atoms in total. The molecule has 1 aromatic rings. The first kappa shape index (κ1) is 43.3. The molecule has 6 atom stereocenters. The second kappa shape index (κ2) is 16.1. The maximum Gasteiger partial charge on any atom is 0.315 e. The molecule has 294 valence electrons. The molecule has 0 unspecified atom stereocenters. The van der Waals surface area contributed by atoms with E-state index in [0.717, 1.165) is 10.6 Å². The summed E-state index contributed by atoms with van der Waals surface area (Å²) in [7, 11) is -2.15. The van der Waals surface area contributed by atoms with Gasteiger partial charge in [0, 0.05) is 49.7 Å². The van der Waals surface area contributed by atoms with Crippen LogP contribution in [-0.4, -0.2) is 105 Å². The molecule has 1 saturated heterocycles. The Morgan fingerprint density at radius 2 is 1.65 bits per heavy atom. The van der Waals surface area contributed by atoms with E-state index in [1.807, 2.05) is 34.6 Å². The molecule has 0 radical (unpaired) electrons. The number of likely N-dealkylation sites (N-methyl/N-ethyl adjacent to an activating group) is 1. The zero-order valence-corrected chi connectivity index (χ0v) is 33.1. The lowest BCUT2D eigenvalue weighted by atomic mass is 9.85. The first-order chi connectivity index (χ1) is 23.7. The molecule has 0 spiro atoms. The first-order valence-electron chi connectivity index (χ1n) is 17.3. The number of rotatable bonds is 14. The Bertz CT molecular complexity index is 1600. The van der Waals surface area contributed by atoms with Crippen LogP contribution in [0.5, 0.6) is 0 Å². The van der Waals surface area contributed by atoms with E-state index in [1.165, 1.54) is 30.1 Å². The number of halogens is 4. The molecule has 0 bridgehead atoms. The minimum Gasteiger partial charge on any atom is -0.354 e. The van der Waals surface area contributed by atoms with E-state index < -0.39 is 87.4 Å². The molecule has 1 heterocycles. The highest BCUT2D eigenvalue weighted by Crippen LogP contribution is 2.65. The summed E-state index contributed by atoms with van der Waals surface area (Å²) in [5.41, 5.74) is -1.65. The zero-order valence-electron chi connectivity index (χ0n) is 31.6. The molecular formula is C35H54ClF3N6O6S. The Hall–Kier alpha value is -3.11. The molecule has 2 fully saturated rings. The third kappa shape index (κ3) is 10.5. The van der Waals surface area contributed by atoms with Crippen molar-refractivity contribution >= 4 is 45.4 Å². The van der Waals surface area contributed by atoms with Crippen LogP contribution in [0.1, 0.15) is 67.4 Å². The molecule has 0 aromatic heterocycles. The number of amides is 5. The van der Waals surface area contributed by atoms with Crippen molar-refractivity contribution in [3.8, 4) is 0 Å². The standard InChI is InChI=1S/C35H54ClF3N6O6S/c1-33(2,3)24(18-44(9)52(10,50)51)42-32(49)43-28(34(4,5)6)31(48)45-17-20-26(35(20,7)8)27(45)30(47)41-23(16-25(38)39)29(46)40-15-14-19-21(36)12-11-13-22(19)37/h11-13,20,23-28H,14-18H2,1-10H3,(H,40,46)(H,41,47)(H2,42,43,49)/t20-,23-,24+,26-,27-,28+/m0/s1. The van der Waals surface area contributed by atoms with Crippen molar-refractivity contribution in [3.05, 3.63) is 34.6 Å². The van der Waals surface area contributed by atoms with Crippen molar-refractivity contribution in [2.45, 2.75) is 98.8 Å². The number of urea groups is 1. The fourth-order valence-electron chi connectivity index (χ4n) is 6.76. The van der Waals surface area contributed by atoms with Gasteiger partial charge in [-0.05, 0) is 46.6 Å². The van der Waals surface area contributed by atoms with Crippen LogP contribution in [0.25, 0.3) is 0 Å². The highest BCUT2D eigenvalue weighted by molar-refractivity contribution is 7.88. The smallest absolute Gasteiger partial charge is 0.315 e. The number of benzene rings is 1. The molecule has 1 aliphatic heterocycles. The van der Waals surface area contributed by atoms with Gasteiger partial charge in [0.1, 0.15) is 23.9 Å². The minimum absolute atomic E-state index is 0.0187. The van der Waals surface area contributed by atoms with Crippen molar-refractivity contribution in [3.63, 3.8) is 0 Å². The first-order valence-corrected chi connectivity index (χ1v) is 19.5. The van der Waals surface area contributed by atoms with Crippen molar-refractivity contribution in [1.82, 2.24) is 30.5 Å². The number of fused-ring (bicyclic) bond motifs is 1. The molecule has 52 heavy (non-hydrogen) atoms. The summed E-state index contributed by atoms with van der Waals surface area (Å²) in [5.74, 6) is -3.25. The average molecular weight is 779 g/mol. The van der Waals surface area contributed by atoms with Crippen LogP contribution in [0.2, 0.25) is 5.02 Å². The minimum atomic E-state index is -3.55. The number of likely N-dealkylation sites (tertiary alicyclic amines) is 1. The molecule has 17 heteroatoms. The second-order valence-corrected chi connectivity index (χ2v) is 19.2. The maximum atomic E-state index is 14.3. The summed E-state index contributed by atoms with van der Waals surface area (Å²) in [6.45, 7) is 14.6. The Labute approximate surface area is 310 Å². The van der Waals surface area contributed by atoms with E-state index in [4.69, 9.17) is 11.6 Å². The number of alkyl halides is 2. The SMILES string of the molecule is CN(C[C@@H](NC(=O)N[C@H](C(=O)N1C[C@H]2[C@@H]([C@H]1C(=O)N[C@@H](CC(F)F)C(=O)NCCc1c(F)cccc1Cl)C2(C)C)C(C)(C)C)C(C)(C)C)S(C)(=O)=O. The summed E-state index contributed by atoms with van der Waals surface area (Å²) in [6.07, 6.45) is -2.91. The summed E-state index contributed by atoms with van der Waals surface area (Å²) in [5, 5.41) is 10.6. The van der Waals surface area contributed by atoms with E-state index in [1.54, 1.807) is 20.8 Å². The number of nitrogens with zero attached hydrogens (tertiary/aromatic N) is 2. The van der Waals surface area contributed by atoms with Crippen LogP contribution in [0.15, 0.2) is 18.2 Å². The molecular weight excluding hydrogens is 725 g/mol. The van der Waals surface area contributed by atoms with Gasteiger partial charge in [-0.1, -0.05) is 73.1 Å². The van der Waals surface area contributed by atoms with E-state index in [-0.39, 0.29) is 53.9 Å². The Kier molecular flexibility index (Phi) is 13.4. The average Bonchev–Trinajstić information content (AvgIpc) is 3.29.